The summed E-state index contributed by atoms with van der Waals surface area (Å²) in [5.74, 6) is 6.10. The van der Waals surface area contributed by atoms with E-state index in [1.807, 2.05) is 0 Å². The number of rotatable bonds is 3. The fourth-order valence-corrected chi connectivity index (χ4v) is 19.7. The van der Waals surface area contributed by atoms with Crippen LogP contribution < -0.4 is 0 Å². The van der Waals surface area contributed by atoms with Crippen molar-refractivity contribution in [1.29, 1.82) is 0 Å². The van der Waals surface area contributed by atoms with Crippen LogP contribution in [0.25, 0.3) is 5.57 Å². The number of hydrogen-bond acceptors (Lipinski definition) is 1. The zero-order valence-corrected chi connectivity index (χ0v) is 30.8. The molecule has 5 aliphatic rings. The molecule has 8 atom stereocenters. The van der Waals surface area contributed by atoms with Crippen LogP contribution in [0.3, 0.4) is 0 Å². The third-order valence-corrected chi connectivity index (χ3v) is 18.4. The van der Waals surface area contributed by atoms with Gasteiger partial charge in [-0.25, -0.2) is 0 Å². The fourth-order valence-electron chi connectivity index (χ4n) is 10.6. The summed E-state index contributed by atoms with van der Waals surface area (Å²) >= 11 is 1.49. The third kappa shape index (κ3) is 5.92. The molecule has 4 fully saturated rings. The molecule has 6 rings (SSSR count). The first-order chi connectivity index (χ1) is 17.3. The summed E-state index contributed by atoms with van der Waals surface area (Å²) in [4.78, 5) is 1.65. The van der Waals surface area contributed by atoms with Crippen LogP contribution in [-0.2, 0) is 20.8 Å². The van der Waals surface area contributed by atoms with Crippen LogP contribution >= 0.6 is 28.8 Å². The van der Waals surface area contributed by atoms with E-state index in [1.54, 1.807) is 41.7 Å². The van der Waals surface area contributed by atoms with Crippen LogP contribution in [0.2, 0.25) is 24.2 Å². The average Bonchev–Trinajstić information content (AvgIpc) is 3.46. The van der Waals surface area contributed by atoms with E-state index in [4.69, 9.17) is 17.0 Å². The van der Waals surface area contributed by atoms with E-state index >= 15 is 0 Å². The first-order valence-corrected chi connectivity index (χ1v) is 25.1. The van der Waals surface area contributed by atoms with E-state index in [9.17, 15) is 0 Å². The predicted octanol–water partition coefficient (Wildman–Crippen LogP) is 11.8. The zero-order chi connectivity index (χ0) is 25.6. The van der Waals surface area contributed by atoms with Crippen LogP contribution in [0, 0.1) is 57.3 Å². The van der Waals surface area contributed by atoms with Crippen LogP contribution in [0.4, 0.5) is 0 Å². The van der Waals surface area contributed by atoms with Crippen molar-refractivity contribution in [2.75, 3.05) is 0 Å². The van der Waals surface area contributed by atoms with Crippen LogP contribution in [0.1, 0.15) is 82.8 Å². The minimum absolute atomic E-state index is 0. The Bertz CT molecular complexity index is 942. The zero-order valence-electron chi connectivity index (χ0n) is 25.0. The molecule has 0 spiro atoms. The Hall–Kier alpha value is 0.990. The Morgan fingerprint density at radius 1 is 0.816 bits per heavy atom. The van der Waals surface area contributed by atoms with Crippen molar-refractivity contribution in [3.63, 3.8) is 0 Å². The van der Waals surface area contributed by atoms with Crippen LogP contribution in [0.15, 0.2) is 29.2 Å². The van der Waals surface area contributed by atoms with Crippen molar-refractivity contribution in [3.8, 4) is 0 Å². The quantitative estimate of drug-likeness (QED) is 0.228. The minimum atomic E-state index is -1.42. The van der Waals surface area contributed by atoms with E-state index < -0.39 is 28.9 Å². The number of allylic oxidation sites excluding steroid dienone is 2. The molecule has 5 heteroatoms. The standard InChI is InChI=1S/C31H46SSi.2CH3.2ClH.Zr/c1-19-12-6-7-13-22(19)28-21(3)32-29-27(28)18-20(2)30(29)33(4,5)31-25-16-10-8-14-23(25)24-15-9-11-17-26(24)31;;;;;/h6-7,12-13,20,23-27,29-31H,8-11,14-18H2,1-5H3;2*1H3;2*1H;/q;2*-1;;;+4/p-2. The van der Waals surface area contributed by atoms with Crippen molar-refractivity contribution < 1.29 is 20.8 Å². The van der Waals surface area contributed by atoms with Crippen molar-refractivity contribution >= 4 is 42.4 Å². The van der Waals surface area contributed by atoms with Gasteiger partial charge in [-0.05, 0) is 101 Å². The Morgan fingerprint density at radius 3 is 1.84 bits per heavy atom. The van der Waals surface area contributed by atoms with E-state index in [0.29, 0.717) is 0 Å². The molecule has 212 valence electrons. The second-order valence-electron chi connectivity index (χ2n) is 13.4. The van der Waals surface area contributed by atoms with Gasteiger partial charge in [-0.2, -0.15) is 0 Å². The maximum absolute atomic E-state index is 4.93. The fraction of sp³-hybridized carbons (Fsp3) is 0.697. The number of benzene rings is 1. The summed E-state index contributed by atoms with van der Waals surface area (Å²) in [5.41, 5.74) is 6.88. The van der Waals surface area contributed by atoms with Gasteiger partial charge in [0.1, 0.15) is 0 Å². The van der Waals surface area contributed by atoms with Gasteiger partial charge in [0, 0.05) is 5.25 Å². The number of thioether (sulfide) groups is 1. The number of fused-ring (bicyclic) bond motifs is 4. The summed E-state index contributed by atoms with van der Waals surface area (Å²) in [6.45, 7) is 13.2. The third-order valence-electron chi connectivity index (χ3n) is 11.4. The second-order valence-corrected chi connectivity index (χ2v) is 23.5. The summed E-state index contributed by atoms with van der Waals surface area (Å²) in [5, 5.41) is 0.862. The summed E-state index contributed by atoms with van der Waals surface area (Å²) in [7, 11) is 8.44. The molecule has 0 aromatic heterocycles. The summed E-state index contributed by atoms with van der Waals surface area (Å²) in [6, 6.07) is 9.22. The van der Waals surface area contributed by atoms with Gasteiger partial charge < -0.3 is 14.9 Å². The van der Waals surface area contributed by atoms with Crippen molar-refractivity contribution in [2.45, 2.75) is 108 Å². The molecule has 0 saturated heterocycles. The van der Waals surface area contributed by atoms with Gasteiger partial charge in [0.05, 0.1) is 8.07 Å². The molecule has 4 saturated carbocycles. The second kappa shape index (κ2) is 14.0. The maximum atomic E-state index is 4.93. The van der Waals surface area contributed by atoms with Gasteiger partial charge in [0.25, 0.3) is 0 Å². The van der Waals surface area contributed by atoms with E-state index in [-0.39, 0.29) is 14.9 Å². The van der Waals surface area contributed by atoms with Gasteiger partial charge >= 0.3 is 37.9 Å². The SMILES string of the molecule is CC1=C(c2ccccc2C)C2CC(C)C([Si](C)(C)C3C4CCCCC4C4CCCCC43)C2S1.[CH3-].[CH3-].[Cl][Zr+2][Cl]. The van der Waals surface area contributed by atoms with E-state index in [0.717, 1.165) is 51.8 Å². The topological polar surface area (TPSA) is 0 Å². The molecular weight excluding hydrogens is 619 g/mol. The molecule has 1 heterocycles. The summed E-state index contributed by atoms with van der Waals surface area (Å²) in [6.07, 6.45) is 13.9. The van der Waals surface area contributed by atoms with Gasteiger partial charge in [0.15, 0.2) is 0 Å². The molecule has 4 aliphatic carbocycles. The Kier molecular flexibility index (Phi) is 12.3. The molecule has 38 heavy (non-hydrogen) atoms. The molecule has 1 aromatic rings. The Morgan fingerprint density at radius 2 is 1.32 bits per heavy atom. The van der Waals surface area contributed by atoms with Crippen molar-refractivity contribution in [2.24, 2.45) is 35.5 Å². The molecule has 0 N–H and O–H groups in total. The number of aryl methyl sites for hydroxylation is 1. The molecule has 1 aromatic carbocycles. The van der Waals surface area contributed by atoms with Crippen LogP contribution in [0.5, 0.6) is 0 Å². The van der Waals surface area contributed by atoms with E-state index in [1.165, 1.54) is 37.7 Å². The molecule has 0 bridgehead atoms. The molecule has 0 amide bonds. The molecule has 1 aliphatic heterocycles. The monoisotopic (exact) mass is 668 g/mol. The van der Waals surface area contributed by atoms with E-state index in [2.05, 4.69) is 69.9 Å². The molecule has 8 unspecified atom stereocenters. The van der Waals surface area contributed by atoms with Gasteiger partial charge in [-0.1, -0.05) is 82.8 Å². The van der Waals surface area contributed by atoms with Gasteiger partial charge in [0.2, 0.25) is 0 Å². The summed E-state index contributed by atoms with van der Waals surface area (Å²) < 4.78 is 0. The first-order valence-electron chi connectivity index (χ1n) is 14.7. The molecule has 0 nitrogen and oxygen atoms in total. The molecular formula is C33H52Cl2SSiZr. The van der Waals surface area contributed by atoms with Crippen LogP contribution in [-0.4, -0.2) is 13.3 Å². The van der Waals surface area contributed by atoms with Crippen molar-refractivity contribution in [1.82, 2.24) is 0 Å². The number of hydrogen-bond donors (Lipinski definition) is 0. The normalized spacial score (nSPS) is 37.5. The Labute approximate surface area is 259 Å². The van der Waals surface area contributed by atoms with Gasteiger partial charge in [-0.15, -0.1) is 11.8 Å². The first kappa shape index (κ1) is 33.5. The average molecular weight is 671 g/mol. The van der Waals surface area contributed by atoms with Gasteiger partial charge in [-0.3, -0.25) is 0 Å². The Balaban J connectivity index is 0.000000766. The predicted molar refractivity (Wildman–Crippen MR) is 173 cm³/mol. The van der Waals surface area contributed by atoms with Crippen molar-refractivity contribution in [3.05, 3.63) is 55.2 Å². The number of halogens is 2. The molecule has 0 radical (unpaired) electrons.